The maximum atomic E-state index is 12.3. The van der Waals surface area contributed by atoms with Gasteiger partial charge in [0.15, 0.2) is 0 Å². The van der Waals surface area contributed by atoms with Crippen LogP contribution in [0.5, 0.6) is 0 Å². The van der Waals surface area contributed by atoms with Crippen LogP contribution in [0.2, 0.25) is 5.04 Å². The summed E-state index contributed by atoms with van der Waals surface area (Å²) in [6, 6.07) is 21.1. The van der Waals surface area contributed by atoms with E-state index in [9.17, 15) is 4.79 Å². The van der Waals surface area contributed by atoms with Crippen molar-refractivity contribution in [2.24, 2.45) is 0 Å². The Bertz CT molecular complexity index is 1720. The zero-order valence-corrected chi connectivity index (χ0v) is 32.0. The number of carbonyl (C=O) groups excluding carboxylic acids is 1. The van der Waals surface area contributed by atoms with E-state index in [4.69, 9.17) is 28.4 Å². The van der Waals surface area contributed by atoms with Crippen LogP contribution in [-0.4, -0.2) is 91.4 Å². The Kier molecular flexibility index (Phi) is 10.4. The topological polar surface area (TPSA) is 112 Å². The molecule has 2 aliphatic heterocycles. The van der Waals surface area contributed by atoms with Crippen LogP contribution in [0.15, 0.2) is 85.5 Å². The Morgan fingerprint density at radius 2 is 1.37 bits per heavy atom. The van der Waals surface area contributed by atoms with Gasteiger partial charge in [-0.3, -0.25) is 0 Å². The molecule has 0 radical (unpaired) electrons. The number of benzene rings is 2. The first-order valence-corrected chi connectivity index (χ1v) is 19.6. The van der Waals surface area contributed by atoms with Crippen LogP contribution >= 0.6 is 0 Å². The molecule has 11 nitrogen and oxygen atoms in total. The summed E-state index contributed by atoms with van der Waals surface area (Å²) in [7, 11) is -3.40. The molecular formula is C38H49BN6O5Si. The smallest absolute Gasteiger partial charge is 0.462 e. The summed E-state index contributed by atoms with van der Waals surface area (Å²) in [5.74, 6) is 0.700. The van der Waals surface area contributed by atoms with Gasteiger partial charge in [-0.05, 0) is 50.0 Å². The lowest BCUT2D eigenvalue weighted by Gasteiger charge is -2.46. The van der Waals surface area contributed by atoms with Crippen LogP contribution in [0.1, 0.15) is 65.7 Å². The summed E-state index contributed by atoms with van der Waals surface area (Å²) in [5.41, 5.74) is 0.159. The van der Waals surface area contributed by atoms with Crippen molar-refractivity contribution in [2.45, 2.75) is 77.7 Å². The fourth-order valence-electron chi connectivity index (χ4n) is 6.81. The molecule has 51 heavy (non-hydrogen) atoms. The average molecular weight is 709 g/mol. The average Bonchev–Trinajstić information content (AvgIpc) is 3.35. The molecular weight excluding hydrogens is 659 g/mol. The Hall–Kier alpha value is -4.17. The number of rotatable bonds is 10. The van der Waals surface area contributed by atoms with Gasteiger partial charge in [0.2, 0.25) is 11.9 Å². The maximum absolute atomic E-state index is 12.3. The van der Waals surface area contributed by atoms with Gasteiger partial charge in [-0.1, -0.05) is 81.4 Å². The number of carbonyl (C=O) groups is 1. The van der Waals surface area contributed by atoms with Crippen LogP contribution < -0.4 is 25.6 Å². The molecule has 0 bridgehead atoms. The Labute approximate surface area is 303 Å². The van der Waals surface area contributed by atoms with Crippen molar-refractivity contribution in [1.82, 2.24) is 19.9 Å². The highest BCUT2D eigenvalue weighted by Gasteiger charge is 2.53. The lowest BCUT2D eigenvalue weighted by molar-refractivity contribution is 0.00578. The fraction of sp³-hybridized carbons (Fsp3) is 0.447. The van der Waals surface area contributed by atoms with Gasteiger partial charge >= 0.3 is 13.1 Å². The summed E-state index contributed by atoms with van der Waals surface area (Å²) < 4.78 is 25.1. The van der Waals surface area contributed by atoms with Gasteiger partial charge < -0.3 is 28.3 Å². The molecule has 0 saturated carbocycles. The molecule has 2 fully saturated rings. The third kappa shape index (κ3) is 7.30. The van der Waals surface area contributed by atoms with E-state index in [1.807, 2.05) is 27.7 Å². The number of hydrogen-bond acceptors (Lipinski definition) is 11. The molecule has 1 atom stereocenters. The number of piperazine rings is 1. The lowest BCUT2D eigenvalue weighted by atomic mass is 9.81. The standard InChI is InChI=1S/C38H49BN6O5Si/c1-9-47-33(46)28-22-40-34(41-23-28)44-20-21-45(35-42-24-29(25-43-35)39-49-37(5,6)38(7,8)50-39)30(26-44)27-48-51(36(2,3)4,31-16-12-10-13-17-31)32-18-14-11-15-19-32/h10-19,22-25,30H,9,20-21,26-27H2,1-8H3. The van der Waals surface area contributed by atoms with Crippen molar-refractivity contribution >= 4 is 49.1 Å². The van der Waals surface area contributed by atoms with Crippen molar-refractivity contribution in [3.63, 3.8) is 0 Å². The van der Waals surface area contributed by atoms with Crippen LogP contribution in [0.25, 0.3) is 0 Å². The normalized spacial score (nSPS) is 18.9. The fourth-order valence-corrected chi connectivity index (χ4v) is 11.4. The van der Waals surface area contributed by atoms with Gasteiger partial charge in [0.25, 0.3) is 8.32 Å². The second-order valence-corrected chi connectivity index (χ2v) is 19.5. The first-order chi connectivity index (χ1) is 24.3. The van der Waals surface area contributed by atoms with E-state index in [2.05, 4.69) is 101 Å². The van der Waals surface area contributed by atoms with Gasteiger partial charge in [0, 0.05) is 49.9 Å². The summed E-state index contributed by atoms with van der Waals surface area (Å²) >= 11 is 0. The number of anilines is 2. The zero-order valence-electron chi connectivity index (χ0n) is 31.0. The highest BCUT2D eigenvalue weighted by Crippen LogP contribution is 2.38. The molecule has 6 rings (SSSR count). The number of esters is 1. The zero-order chi connectivity index (χ0) is 36.4. The molecule has 0 aliphatic carbocycles. The molecule has 1 unspecified atom stereocenters. The van der Waals surface area contributed by atoms with Gasteiger partial charge in [-0.15, -0.1) is 0 Å². The molecule has 13 heteroatoms. The van der Waals surface area contributed by atoms with Crippen LogP contribution in [0, 0.1) is 0 Å². The number of nitrogens with zero attached hydrogens (tertiary/aromatic N) is 6. The van der Waals surface area contributed by atoms with Gasteiger partial charge in [0.1, 0.15) is 0 Å². The third-order valence-corrected chi connectivity index (χ3v) is 15.3. The largest absolute Gasteiger partial charge is 0.498 e. The Morgan fingerprint density at radius 1 is 0.843 bits per heavy atom. The minimum Gasteiger partial charge on any atom is -0.462 e. The van der Waals surface area contributed by atoms with Gasteiger partial charge in [-0.25, -0.2) is 24.7 Å². The highest BCUT2D eigenvalue weighted by molar-refractivity contribution is 6.99. The van der Waals surface area contributed by atoms with E-state index in [1.165, 1.54) is 22.8 Å². The second-order valence-electron chi connectivity index (χ2n) is 15.2. The predicted octanol–water partition coefficient (Wildman–Crippen LogP) is 4.01. The van der Waals surface area contributed by atoms with E-state index in [0.29, 0.717) is 43.7 Å². The molecule has 2 saturated heterocycles. The molecule has 268 valence electrons. The van der Waals surface area contributed by atoms with Crippen LogP contribution in [0.4, 0.5) is 11.9 Å². The van der Waals surface area contributed by atoms with Gasteiger partial charge in [-0.2, -0.15) is 0 Å². The molecule has 0 N–H and O–H groups in total. The first-order valence-electron chi connectivity index (χ1n) is 17.7. The Morgan fingerprint density at radius 3 is 1.88 bits per heavy atom. The molecule has 2 aromatic heterocycles. The van der Waals surface area contributed by atoms with Crippen LogP contribution in [0.3, 0.4) is 0 Å². The molecule has 0 amide bonds. The van der Waals surface area contributed by atoms with E-state index in [1.54, 1.807) is 19.3 Å². The van der Waals surface area contributed by atoms with E-state index in [-0.39, 0.29) is 17.7 Å². The minimum atomic E-state index is -2.85. The van der Waals surface area contributed by atoms with E-state index >= 15 is 0 Å². The van der Waals surface area contributed by atoms with Gasteiger partial charge in [0.05, 0.1) is 36.0 Å². The second kappa shape index (κ2) is 14.5. The summed E-state index contributed by atoms with van der Waals surface area (Å²) in [6.45, 7) is 19.2. The molecule has 4 heterocycles. The summed E-state index contributed by atoms with van der Waals surface area (Å²) in [6.07, 6.45) is 6.65. The maximum Gasteiger partial charge on any atom is 0.498 e. The van der Waals surface area contributed by atoms with Crippen molar-refractivity contribution < 1.29 is 23.3 Å². The van der Waals surface area contributed by atoms with Crippen molar-refractivity contribution in [3.8, 4) is 0 Å². The number of ether oxygens (including phenoxy) is 1. The number of hydrogen-bond donors (Lipinski definition) is 0. The molecule has 2 aliphatic rings. The first kappa shape index (κ1) is 36.6. The minimum absolute atomic E-state index is 0.156. The lowest BCUT2D eigenvalue weighted by Crippen LogP contribution is -2.68. The van der Waals surface area contributed by atoms with Crippen molar-refractivity contribution in [2.75, 3.05) is 42.6 Å². The highest BCUT2D eigenvalue weighted by atomic mass is 28.4. The SMILES string of the molecule is CCOC(=O)c1cnc(N2CCN(c3ncc(B4OC(C)(C)C(C)(C)O4)cn3)C(CO[Si](c3ccccc3)(c3ccccc3)C(C)(C)C)C2)nc1. The van der Waals surface area contributed by atoms with Crippen molar-refractivity contribution in [1.29, 1.82) is 0 Å². The third-order valence-electron chi connectivity index (χ3n) is 10.3. The van der Waals surface area contributed by atoms with E-state index < -0.39 is 32.6 Å². The summed E-state index contributed by atoms with van der Waals surface area (Å²) in [5, 5.41) is 2.23. The Balaban J connectivity index is 1.33. The monoisotopic (exact) mass is 708 g/mol. The molecule has 0 spiro atoms. The van der Waals surface area contributed by atoms with Crippen LogP contribution in [-0.2, 0) is 18.5 Å². The molecule has 2 aromatic carbocycles. The van der Waals surface area contributed by atoms with E-state index in [0.717, 1.165) is 5.46 Å². The quantitative estimate of drug-likeness (QED) is 0.176. The summed E-state index contributed by atoms with van der Waals surface area (Å²) in [4.78, 5) is 35.5. The number of aromatic nitrogens is 4. The van der Waals surface area contributed by atoms with Crippen molar-refractivity contribution in [3.05, 3.63) is 91.0 Å². The predicted molar refractivity (Wildman–Crippen MR) is 203 cm³/mol. The molecule has 4 aromatic rings.